The average molecular weight is 507 g/mol. The Labute approximate surface area is 190 Å². The molecule has 33 heavy (non-hydrogen) atoms. The summed E-state index contributed by atoms with van der Waals surface area (Å²) in [5.74, 6) is 0. The van der Waals surface area contributed by atoms with Gasteiger partial charge in [-0.15, -0.1) is 0 Å². The van der Waals surface area contributed by atoms with Crippen LogP contribution in [0.5, 0.6) is 0 Å². The number of aliphatic hydroxyl groups is 6. The van der Waals surface area contributed by atoms with E-state index in [1.54, 1.807) is 6.92 Å². The SMILES string of the molecule is CCCO[C@H]1O[C@H](CO)[C@@H](O)[C@H](O)[C@@H]1O[C@H]1O[C@H](COP(=O)(O)OCCN)[C@@H](O)[C@H](O)[C@@H]1O. The van der Waals surface area contributed by atoms with Crippen molar-refractivity contribution < 1.29 is 68.1 Å². The van der Waals surface area contributed by atoms with Crippen LogP contribution in [0, 0.1) is 0 Å². The number of phosphoric ester groups is 1. The molecule has 1 unspecified atom stereocenters. The maximum Gasteiger partial charge on any atom is 0.472 e. The number of rotatable bonds is 12. The molecule has 9 N–H and O–H groups in total. The first kappa shape index (κ1) is 28.9. The van der Waals surface area contributed by atoms with E-state index in [2.05, 4.69) is 4.52 Å². The Bertz CT molecular complexity index is 631. The third-order valence-electron chi connectivity index (χ3n) is 5.04. The van der Waals surface area contributed by atoms with Crippen LogP contribution in [0.25, 0.3) is 0 Å². The van der Waals surface area contributed by atoms with Gasteiger partial charge in [-0.1, -0.05) is 6.92 Å². The van der Waals surface area contributed by atoms with Gasteiger partial charge in [0.05, 0.1) is 19.8 Å². The summed E-state index contributed by atoms with van der Waals surface area (Å²) in [6.07, 6.45) is -15.1. The number of phosphoric acid groups is 1. The highest BCUT2D eigenvalue weighted by Crippen LogP contribution is 2.43. The third kappa shape index (κ3) is 7.57. The second-order valence-corrected chi connectivity index (χ2v) is 9.03. The first-order valence-corrected chi connectivity index (χ1v) is 12.0. The molecule has 2 aliphatic rings. The van der Waals surface area contributed by atoms with Crippen LogP contribution in [0.1, 0.15) is 13.3 Å². The molecule has 0 aliphatic carbocycles. The quantitative estimate of drug-likeness (QED) is 0.118. The summed E-state index contributed by atoms with van der Waals surface area (Å²) in [5, 5.41) is 60.7. The molecule has 0 amide bonds. The van der Waals surface area contributed by atoms with Gasteiger partial charge in [0.25, 0.3) is 0 Å². The van der Waals surface area contributed by atoms with Gasteiger partial charge >= 0.3 is 7.82 Å². The number of hydrogen-bond acceptors (Lipinski definition) is 14. The molecule has 2 heterocycles. The molecular formula is C17H34NO14P. The summed E-state index contributed by atoms with van der Waals surface area (Å²) in [7, 11) is -4.54. The van der Waals surface area contributed by atoms with Gasteiger partial charge in [-0.05, 0) is 6.42 Å². The molecule has 16 heteroatoms. The van der Waals surface area contributed by atoms with Gasteiger partial charge in [0, 0.05) is 13.2 Å². The zero-order valence-corrected chi connectivity index (χ0v) is 18.9. The molecule has 0 bridgehead atoms. The van der Waals surface area contributed by atoms with Crippen molar-refractivity contribution in [3.8, 4) is 0 Å². The van der Waals surface area contributed by atoms with Crippen LogP contribution in [0.15, 0.2) is 0 Å². The monoisotopic (exact) mass is 507 g/mol. The van der Waals surface area contributed by atoms with E-state index in [4.69, 9.17) is 29.2 Å². The van der Waals surface area contributed by atoms with Crippen molar-refractivity contribution in [3.63, 3.8) is 0 Å². The molecule has 0 aromatic carbocycles. The molecule has 196 valence electrons. The average Bonchev–Trinajstić information content (AvgIpc) is 2.79. The molecule has 0 aromatic rings. The fourth-order valence-corrected chi connectivity index (χ4v) is 4.01. The molecular weight excluding hydrogens is 473 g/mol. The number of nitrogens with two attached hydrogens (primary N) is 1. The fraction of sp³-hybridized carbons (Fsp3) is 1.00. The van der Waals surface area contributed by atoms with Crippen LogP contribution in [0.2, 0.25) is 0 Å². The largest absolute Gasteiger partial charge is 0.472 e. The molecule has 11 atom stereocenters. The topological polar surface area (TPSA) is 240 Å². The highest BCUT2D eigenvalue weighted by Gasteiger charge is 2.51. The van der Waals surface area contributed by atoms with Gasteiger partial charge in [-0.25, -0.2) is 4.57 Å². The predicted octanol–water partition coefficient (Wildman–Crippen LogP) is -3.86. The van der Waals surface area contributed by atoms with Crippen molar-refractivity contribution in [2.24, 2.45) is 5.73 Å². The molecule has 2 rings (SSSR count). The van der Waals surface area contributed by atoms with E-state index in [-0.39, 0.29) is 19.8 Å². The Balaban J connectivity index is 2.11. The molecule has 15 nitrogen and oxygen atoms in total. The van der Waals surface area contributed by atoms with Crippen molar-refractivity contribution in [3.05, 3.63) is 0 Å². The minimum Gasteiger partial charge on any atom is -0.394 e. The van der Waals surface area contributed by atoms with Crippen molar-refractivity contribution in [2.45, 2.75) is 74.8 Å². The first-order chi connectivity index (χ1) is 15.6. The molecule has 0 spiro atoms. The van der Waals surface area contributed by atoms with Crippen molar-refractivity contribution in [1.82, 2.24) is 0 Å². The number of hydrogen-bond donors (Lipinski definition) is 8. The minimum atomic E-state index is -4.54. The molecule has 2 fully saturated rings. The van der Waals surface area contributed by atoms with Gasteiger partial charge in [0.15, 0.2) is 12.6 Å². The van der Waals surface area contributed by atoms with Crippen LogP contribution in [-0.4, -0.2) is 130 Å². The van der Waals surface area contributed by atoms with Gasteiger partial charge in [0.2, 0.25) is 0 Å². The van der Waals surface area contributed by atoms with E-state index in [9.17, 15) is 40.1 Å². The van der Waals surface area contributed by atoms with E-state index in [1.165, 1.54) is 0 Å². The molecule has 2 saturated heterocycles. The lowest BCUT2D eigenvalue weighted by Crippen LogP contribution is -2.64. The zero-order valence-electron chi connectivity index (χ0n) is 18.0. The first-order valence-electron chi connectivity index (χ1n) is 10.5. The Morgan fingerprint density at radius 3 is 2.12 bits per heavy atom. The Morgan fingerprint density at radius 2 is 1.52 bits per heavy atom. The second-order valence-electron chi connectivity index (χ2n) is 7.58. The predicted molar refractivity (Wildman–Crippen MR) is 106 cm³/mol. The van der Waals surface area contributed by atoms with Crippen LogP contribution in [0.4, 0.5) is 0 Å². The van der Waals surface area contributed by atoms with E-state index >= 15 is 0 Å². The van der Waals surface area contributed by atoms with Crippen LogP contribution < -0.4 is 5.73 Å². The lowest BCUT2D eigenvalue weighted by molar-refractivity contribution is -0.367. The Hall–Kier alpha value is -0.330. The minimum absolute atomic E-state index is 0.0483. The van der Waals surface area contributed by atoms with Gasteiger partial charge in [0.1, 0.15) is 48.8 Å². The van der Waals surface area contributed by atoms with E-state index in [0.717, 1.165) is 0 Å². The van der Waals surface area contributed by atoms with E-state index in [0.29, 0.717) is 6.42 Å². The maximum absolute atomic E-state index is 11.8. The fourth-order valence-electron chi connectivity index (χ4n) is 3.26. The molecule has 2 aliphatic heterocycles. The Morgan fingerprint density at radius 1 is 0.879 bits per heavy atom. The van der Waals surface area contributed by atoms with Crippen LogP contribution >= 0.6 is 7.82 Å². The standard InChI is InChI=1S/C17H34NO14P/c1-2-4-27-17-15(13(23)10(20)8(6-19)30-17)32-16-14(24)12(22)11(21)9(31-16)7-29-33(25,26)28-5-3-18/h8-17,19-24H,2-7,18H2,1H3,(H,25,26)/t8-,9-,10-,11-,12+,13+,14+,15+,16-,17+/m1/s1. The molecule has 0 aromatic heterocycles. The Kier molecular flexibility index (Phi) is 11.5. The third-order valence-corrected chi connectivity index (χ3v) is 6.03. The van der Waals surface area contributed by atoms with Gasteiger partial charge in [-0.2, -0.15) is 0 Å². The summed E-state index contributed by atoms with van der Waals surface area (Å²) >= 11 is 0. The summed E-state index contributed by atoms with van der Waals surface area (Å²) in [6.45, 7) is 0.306. The second kappa shape index (κ2) is 13.1. The summed E-state index contributed by atoms with van der Waals surface area (Å²) < 4.78 is 43.0. The highest BCUT2D eigenvalue weighted by atomic mass is 31.2. The van der Waals surface area contributed by atoms with Crippen molar-refractivity contribution in [2.75, 3.05) is 33.0 Å². The van der Waals surface area contributed by atoms with Crippen LogP contribution in [-0.2, 0) is 32.6 Å². The van der Waals surface area contributed by atoms with E-state index in [1.807, 2.05) is 0 Å². The van der Waals surface area contributed by atoms with Gasteiger partial charge < -0.3 is 60.2 Å². The van der Waals surface area contributed by atoms with Crippen molar-refractivity contribution >= 4 is 7.82 Å². The lowest BCUT2D eigenvalue weighted by atomic mass is 9.97. The lowest BCUT2D eigenvalue weighted by Gasteiger charge is -2.46. The van der Waals surface area contributed by atoms with E-state index < -0.39 is 82.4 Å². The highest BCUT2D eigenvalue weighted by molar-refractivity contribution is 7.47. The van der Waals surface area contributed by atoms with Crippen molar-refractivity contribution in [1.29, 1.82) is 0 Å². The zero-order chi connectivity index (χ0) is 24.8. The van der Waals surface area contributed by atoms with Crippen LogP contribution in [0.3, 0.4) is 0 Å². The maximum atomic E-state index is 11.8. The molecule has 0 saturated carbocycles. The summed E-state index contributed by atoms with van der Waals surface area (Å²) in [5.41, 5.74) is 5.19. The molecule has 0 radical (unpaired) electrons. The normalized spacial score (nSPS) is 41.6. The summed E-state index contributed by atoms with van der Waals surface area (Å²) in [6, 6.07) is 0. The van der Waals surface area contributed by atoms with Gasteiger partial charge in [-0.3, -0.25) is 9.05 Å². The summed E-state index contributed by atoms with van der Waals surface area (Å²) in [4.78, 5) is 9.60. The number of ether oxygens (including phenoxy) is 4. The number of aliphatic hydroxyl groups excluding tert-OH is 6. The smallest absolute Gasteiger partial charge is 0.394 e.